The second-order valence-electron chi connectivity index (χ2n) is 7.06. The van der Waals surface area contributed by atoms with E-state index in [0.29, 0.717) is 30.0 Å². The van der Waals surface area contributed by atoms with E-state index in [9.17, 15) is 9.90 Å². The summed E-state index contributed by atoms with van der Waals surface area (Å²) in [7, 11) is 0. The highest BCUT2D eigenvalue weighted by atomic mass is 16.5. The topological polar surface area (TPSA) is 88.2 Å². The highest BCUT2D eigenvalue weighted by molar-refractivity contribution is 5.73. The number of nitrogens with zero attached hydrogens (tertiary/aromatic N) is 2. The summed E-state index contributed by atoms with van der Waals surface area (Å²) in [4.78, 5) is 15.8. The van der Waals surface area contributed by atoms with Gasteiger partial charge in [0.25, 0.3) is 0 Å². The first kappa shape index (κ1) is 16.5. The summed E-state index contributed by atoms with van der Waals surface area (Å²) in [5, 5.41) is 16.3. The molecule has 0 spiro atoms. The lowest BCUT2D eigenvalue weighted by Gasteiger charge is -2.21. The van der Waals surface area contributed by atoms with E-state index in [0.717, 1.165) is 0 Å². The number of phenolic OH excluding ortho intramolecular Hbond substituents is 1. The van der Waals surface area contributed by atoms with Gasteiger partial charge in [-0.05, 0) is 56.2 Å². The molecule has 2 N–H and O–H groups in total. The van der Waals surface area contributed by atoms with Gasteiger partial charge in [0.15, 0.2) is 5.82 Å². The highest BCUT2D eigenvalue weighted by Gasteiger charge is 2.34. The smallest absolute Gasteiger partial charge is 0.227 e. The van der Waals surface area contributed by atoms with Gasteiger partial charge in [0.2, 0.25) is 11.8 Å². The molecule has 0 radical (unpaired) electrons. The van der Waals surface area contributed by atoms with Crippen LogP contribution < -0.4 is 5.32 Å². The minimum Gasteiger partial charge on any atom is -0.508 e. The largest absolute Gasteiger partial charge is 0.508 e. The second-order valence-corrected chi connectivity index (χ2v) is 7.06. The maximum atomic E-state index is 11.3. The van der Waals surface area contributed by atoms with Crippen LogP contribution in [0.4, 0.5) is 0 Å². The number of carbonyl (C=O) groups excluding carboxylic acids is 1. The van der Waals surface area contributed by atoms with Crippen LogP contribution in [0.5, 0.6) is 5.75 Å². The summed E-state index contributed by atoms with van der Waals surface area (Å²) >= 11 is 0. The molecule has 1 heterocycles. The van der Waals surface area contributed by atoms with Gasteiger partial charge in [-0.15, -0.1) is 0 Å². The summed E-state index contributed by atoms with van der Waals surface area (Å²) in [5.74, 6) is 2.12. The van der Waals surface area contributed by atoms with Crippen LogP contribution >= 0.6 is 0 Å². The minimum absolute atomic E-state index is 0.133. The fourth-order valence-electron chi connectivity index (χ4n) is 3.05. The summed E-state index contributed by atoms with van der Waals surface area (Å²) in [6.07, 6.45) is 3.06. The molecule has 3 rings (SSSR count). The van der Waals surface area contributed by atoms with E-state index in [2.05, 4.69) is 15.5 Å². The Balaban J connectivity index is 1.77. The van der Waals surface area contributed by atoms with Gasteiger partial charge in [0.1, 0.15) is 5.75 Å². The van der Waals surface area contributed by atoms with E-state index < -0.39 is 5.54 Å². The van der Waals surface area contributed by atoms with Crippen molar-refractivity contribution < 1.29 is 14.4 Å². The number of phenols is 1. The monoisotopic (exact) mass is 329 g/mol. The number of aromatic nitrogens is 2. The van der Waals surface area contributed by atoms with E-state index in [1.165, 1.54) is 25.3 Å². The van der Waals surface area contributed by atoms with Crippen LogP contribution in [-0.4, -0.2) is 21.2 Å². The third kappa shape index (κ3) is 3.75. The lowest BCUT2D eigenvalue weighted by molar-refractivity contribution is -0.120. The molecule has 1 fully saturated rings. The van der Waals surface area contributed by atoms with Gasteiger partial charge in [-0.2, -0.15) is 4.98 Å². The van der Waals surface area contributed by atoms with E-state index >= 15 is 0 Å². The Morgan fingerprint density at radius 1 is 1.38 bits per heavy atom. The van der Waals surface area contributed by atoms with E-state index in [1.807, 2.05) is 26.0 Å². The summed E-state index contributed by atoms with van der Waals surface area (Å²) in [6.45, 7) is 5.17. The molecule has 0 saturated heterocycles. The summed E-state index contributed by atoms with van der Waals surface area (Å²) in [5.41, 5.74) is 0.512. The quantitative estimate of drug-likeness (QED) is 0.851. The zero-order valence-electron chi connectivity index (χ0n) is 14.2. The molecular weight excluding hydrogens is 306 g/mol. The van der Waals surface area contributed by atoms with Crippen molar-refractivity contribution in [2.75, 3.05) is 0 Å². The lowest BCUT2D eigenvalue weighted by Crippen LogP contribution is -2.40. The van der Waals surface area contributed by atoms with Crippen LogP contribution in [0.1, 0.15) is 56.8 Å². The second kappa shape index (κ2) is 6.26. The molecule has 1 saturated carbocycles. The first-order valence-electron chi connectivity index (χ1n) is 8.26. The number of aromatic hydroxyl groups is 1. The summed E-state index contributed by atoms with van der Waals surface area (Å²) in [6, 6.07) is 7.33. The standard InChI is InChI=1S/C18H23N3O3/c1-11(22)20-18(2,3)17-19-16(24-21-17)10-15(12-4-5-12)13-6-8-14(23)9-7-13/h6-9,12,15,23H,4-5,10H2,1-3H3,(H,20,22). The van der Waals surface area contributed by atoms with Crippen molar-refractivity contribution >= 4 is 5.91 Å². The van der Waals surface area contributed by atoms with Crippen LogP contribution in [0.3, 0.4) is 0 Å². The van der Waals surface area contributed by atoms with Crippen LogP contribution in [0.2, 0.25) is 0 Å². The average molecular weight is 329 g/mol. The molecule has 24 heavy (non-hydrogen) atoms. The molecule has 6 nitrogen and oxygen atoms in total. The zero-order valence-corrected chi connectivity index (χ0v) is 14.2. The number of hydrogen-bond acceptors (Lipinski definition) is 5. The van der Waals surface area contributed by atoms with Gasteiger partial charge >= 0.3 is 0 Å². The Labute approximate surface area is 141 Å². The first-order chi connectivity index (χ1) is 11.3. The number of rotatable bonds is 6. The molecule has 6 heteroatoms. The molecule has 1 amide bonds. The molecule has 2 aromatic rings. The molecule has 1 aliphatic rings. The molecule has 1 atom stereocenters. The Morgan fingerprint density at radius 2 is 2.04 bits per heavy atom. The Hall–Kier alpha value is -2.37. The van der Waals surface area contributed by atoms with Crippen molar-refractivity contribution in [2.24, 2.45) is 5.92 Å². The predicted octanol–water partition coefficient (Wildman–Crippen LogP) is 2.88. The molecule has 128 valence electrons. The van der Waals surface area contributed by atoms with Gasteiger partial charge in [0.05, 0.1) is 5.54 Å². The van der Waals surface area contributed by atoms with Crippen molar-refractivity contribution in [1.82, 2.24) is 15.5 Å². The predicted molar refractivity (Wildman–Crippen MR) is 88.4 cm³/mol. The molecule has 1 aromatic heterocycles. The number of nitrogens with one attached hydrogen (secondary N) is 1. The zero-order chi connectivity index (χ0) is 17.3. The maximum absolute atomic E-state index is 11.3. The van der Waals surface area contributed by atoms with Crippen LogP contribution in [0.25, 0.3) is 0 Å². The fraction of sp³-hybridized carbons (Fsp3) is 0.500. The molecule has 0 bridgehead atoms. The Bertz CT molecular complexity index is 717. The van der Waals surface area contributed by atoms with Gasteiger partial charge in [-0.1, -0.05) is 17.3 Å². The van der Waals surface area contributed by atoms with Gasteiger partial charge in [0, 0.05) is 13.3 Å². The van der Waals surface area contributed by atoms with Crippen molar-refractivity contribution in [2.45, 2.75) is 51.5 Å². The Morgan fingerprint density at radius 3 is 2.62 bits per heavy atom. The van der Waals surface area contributed by atoms with Gasteiger partial charge in [-0.25, -0.2) is 0 Å². The van der Waals surface area contributed by atoms with Crippen molar-refractivity contribution in [3.8, 4) is 5.75 Å². The third-order valence-corrected chi connectivity index (χ3v) is 4.42. The third-order valence-electron chi connectivity index (χ3n) is 4.42. The van der Waals surface area contributed by atoms with E-state index in [4.69, 9.17) is 4.52 Å². The van der Waals surface area contributed by atoms with Crippen molar-refractivity contribution in [3.63, 3.8) is 0 Å². The number of hydrogen-bond donors (Lipinski definition) is 2. The maximum Gasteiger partial charge on any atom is 0.227 e. The molecule has 0 aliphatic heterocycles. The number of carbonyl (C=O) groups is 1. The van der Waals surface area contributed by atoms with Crippen molar-refractivity contribution in [1.29, 1.82) is 0 Å². The SMILES string of the molecule is CC(=O)NC(C)(C)c1noc(CC(c2ccc(O)cc2)C2CC2)n1. The molecule has 1 aliphatic carbocycles. The van der Waals surface area contributed by atoms with E-state index in [1.54, 1.807) is 12.1 Å². The van der Waals surface area contributed by atoms with Crippen LogP contribution in [0.15, 0.2) is 28.8 Å². The number of benzene rings is 1. The first-order valence-corrected chi connectivity index (χ1v) is 8.26. The molecular formula is C18H23N3O3. The minimum atomic E-state index is -0.665. The average Bonchev–Trinajstić information content (AvgIpc) is 3.22. The summed E-state index contributed by atoms with van der Waals surface area (Å²) < 4.78 is 5.42. The highest BCUT2D eigenvalue weighted by Crippen LogP contribution is 2.44. The fourth-order valence-corrected chi connectivity index (χ4v) is 3.05. The molecule has 1 aromatic carbocycles. The van der Waals surface area contributed by atoms with Gasteiger partial charge in [-0.3, -0.25) is 4.79 Å². The lowest BCUT2D eigenvalue weighted by atomic mass is 9.91. The van der Waals surface area contributed by atoms with Gasteiger partial charge < -0.3 is 14.9 Å². The van der Waals surface area contributed by atoms with Crippen LogP contribution in [0, 0.1) is 5.92 Å². The van der Waals surface area contributed by atoms with Crippen molar-refractivity contribution in [3.05, 3.63) is 41.5 Å². The normalized spacial score (nSPS) is 16.0. The van der Waals surface area contributed by atoms with E-state index in [-0.39, 0.29) is 11.7 Å². The Kier molecular flexibility index (Phi) is 4.30. The number of amides is 1. The van der Waals surface area contributed by atoms with Crippen LogP contribution in [-0.2, 0) is 16.8 Å². The molecule has 1 unspecified atom stereocenters.